The smallest absolute Gasteiger partial charge is 0.243 e. The molecule has 0 radical (unpaired) electrons. The zero-order valence-corrected chi connectivity index (χ0v) is 12.1. The molecule has 1 rings (SSSR count). The fourth-order valence-corrected chi connectivity index (χ4v) is 3.58. The second-order valence-corrected chi connectivity index (χ2v) is 6.04. The van der Waals surface area contributed by atoms with Crippen LogP contribution in [0.3, 0.4) is 0 Å². The van der Waals surface area contributed by atoms with Crippen molar-refractivity contribution >= 4 is 10.0 Å². The molecular formula is C13H18N2O3S. The number of hydrogen-bond acceptors (Lipinski definition) is 4. The van der Waals surface area contributed by atoms with Gasteiger partial charge in [-0.15, -0.1) is 0 Å². The maximum Gasteiger partial charge on any atom is 0.243 e. The van der Waals surface area contributed by atoms with Crippen LogP contribution in [0.25, 0.3) is 0 Å². The van der Waals surface area contributed by atoms with Gasteiger partial charge in [0, 0.05) is 19.7 Å². The van der Waals surface area contributed by atoms with Crippen molar-refractivity contribution in [3.63, 3.8) is 0 Å². The maximum absolute atomic E-state index is 12.5. The molecule has 19 heavy (non-hydrogen) atoms. The Bertz CT molecular complexity index is 563. The summed E-state index contributed by atoms with van der Waals surface area (Å²) in [5.74, 6) is 0. The molecule has 0 aliphatic carbocycles. The van der Waals surface area contributed by atoms with Gasteiger partial charge in [0.2, 0.25) is 10.0 Å². The summed E-state index contributed by atoms with van der Waals surface area (Å²) >= 11 is 0. The van der Waals surface area contributed by atoms with Crippen LogP contribution in [-0.4, -0.2) is 39.0 Å². The van der Waals surface area contributed by atoms with Gasteiger partial charge >= 0.3 is 0 Å². The molecule has 1 aromatic carbocycles. The van der Waals surface area contributed by atoms with Crippen LogP contribution < -0.4 is 0 Å². The molecule has 0 saturated carbocycles. The van der Waals surface area contributed by atoms with E-state index in [1.54, 1.807) is 26.0 Å². The van der Waals surface area contributed by atoms with E-state index in [-0.39, 0.29) is 10.9 Å². The number of hydrogen-bond donors (Lipinski definition) is 0. The Morgan fingerprint density at radius 1 is 1.47 bits per heavy atom. The predicted molar refractivity (Wildman–Crippen MR) is 72.1 cm³/mol. The average molecular weight is 282 g/mol. The number of likely N-dealkylation sites (N-methyl/N-ethyl adjacent to an activating group) is 1. The molecule has 0 heterocycles. The summed E-state index contributed by atoms with van der Waals surface area (Å²) in [4.78, 5) is 0.136. The van der Waals surface area contributed by atoms with E-state index in [0.717, 1.165) is 0 Å². The molecule has 0 saturated heterocycles. The first kappa shape index (κ1) is 15.6. The van der Waals surface area contributed by atoms with E-state index in [9.17, 15) is 8.42 Å². The first-order valence-corrected chi connectivity index (χ1v) is 7.42. The van der Waals surface area contributed by atoms with Crippen molar-refractivity contribution in [2.24, 2.45) is 0 Å². The molecule has 1 atom stereocenters. The molecule has 0 N–H and O–H groups in total. The second-order valence-electron chi connectivity index (χ2n) is 4.15. The third-order valence-electron chi connectivity index (χ3n) is 2.78. The standard InChI is InChI=1S/C13H18N2O3S/c1-4-15(11(2)10-18-3)19(16,17)13-7-5-6-12(8-13)9-14/h5-8,11H,4,10H2,1-3H3. The molecule has 0 fully saturated rings. The van der Waals surface area contributed by atoms with Crippen molar-refractivity contribution in [3.05, 3.63) is 29.8 Å². The molecule has 0 amide bonds. The Hall–Kier alpha value is -1.42. The van der Waals surface area contributed by atoms with Crippen molar-refractivity contribution in [2.45, 2.75) is 24.8 Å². The van der Waals surface area contributed by atoms with Gasteiger partial charge in [-0.1, -0.05) is 13.0 Å². The van der Waals surface area contributed by atoms with Crippen LogP contribution in [0.2, 0.25) is 0 Å². The highest BCUT2D eigenvalue weighted by atomic mass is 32.2. The van der Waals surface area contributed by atoms with Gasteiger partial charge < -0.3 is 4.74 Å². The molecule has 0 aliphatic rings. The van der Waals surface area contributed by atoms with Gasteiger partial charge in [-0.3, -0.25) is 0 Å². The summed E-state index contributed by atoms with van der Waals surface area (Å²) < 4.78 is 31.4. The van der Waals surface area contributed by atoms with Crippen LogP contribution in [0, 0.1) is 11.3 Å². The number of methoxy groups -OCH3 is 1. The van der Waals surface area contributed by atoms with Gasteiger partial charge in [0.05, 0.1) is 23.1 Å². The lowest BCUT2D eigenvalue weighted by atomic mass is 10.2. The molecular weight excluding hydrogens is 264 g/mol. The number of nitriles is 1. The molecule has 1 aromatic rings. The highest BCUT2D eigenvalue weighted by Gasteiger charge is 2.27. The Balaban J connectivity index is 3.17. The maximum atomic E-state index is 12.5. The summed E-state index contributed by atoms with van der Waals surface area (Å²) in [6.07, 6.45) is 0. The SMILES string of the molecule is CCN(C(C)COC)S(=O)(=O)c1cccc(C#N)c1. The molecule has 1 unspecified atom stereocenters. The van der Waals surface area contributed by atoms with Crippen LogP contribution in [-0.2, 0) is 14.8 Å². The number of rotatable bonds is 6. The van der Waals surface area contributed by atoms with E-state index in [4.69, 9.17) is 10.00 Å². The van der Waals surface area contributed by atoms with Gasteiger partial charge in [0.15, 0.2) is 0 Å². The second kappa shape index (κ2) is 6.66. The summed E-state index contributed by atoms with van der Waals surface area (Å²) in [5.41, 5.74) is 0.330. The number of nitrogens with zero attached hydrogens (tertiary/aromatic N) is 2. The predicted octanol–water partition coefficient (Wildman–Crippen LogP) is 1.60. The third-order valence-corrected chi connectivity index (χ3v) is 4.87. The van der Waals surface area contributed by atoms with E-state index in [0.29, 0.717) is 18.7 Å². The van der Waals surface area contributed by atoms with Gasteiger partial charge in [-0.25, -0.2) is 8.42 Å². The molecule has 6 heteroatoms. The lowest BCUT2D eigenvalue weighted by Gasteiger charge is -2.26. The molecule has 0 aliphatic heterocycles. The minimum atomic E-state index is -3.60. The average Bonchev–Trinajstić information content (AvgIpc) is 2.39. The van der Waals surface area contributed by atoms with Crippen molar-refractivity contribution in [2.75, 3.05) is 20.3 Å². The van der Waals surface area contributed by atoms with Gasteiger partial charge in [0.25, 0.3) is 0 Å². The van der Waals surface area contributed by atoms with E-state index in [2.05, 4.69) is 0 Å². The van der Waals surface area contributed by atoms with Crippen molar-refractivity contribution in [1.82, 2.24) is 4.31 Å². The van der Waals surface area contributed by atoms with Crippen molar-refractivity contribution in [3.8, 4) is 6.07 Å². The van der Waals surface area contributed by atoms with Gasteiger partial charge in [-0.05, 0) is 25.1 Å². The minimum absolute atomic E-state index is 0.136. The summed E-state index contributed by atoms with van der Waals surface area (Å²) in [6.45, 7) is 4.24. The van der Waals surface area contributed by atoms with E-state index >= 15 is 0 Å². The summed E-state index contributed by atoms with van der Waals surface area (Å²) in [6, 6.07) is 7.72. The van der Waals surface area contributed by atoms with Gasteiger partial charge in [0.1, 0.15) is 0 Å². The van der Waals surface area contributed by atoms with E-state index < -0.39 is 10.0 Å². The molecule has 0 spiro atoms. The Morgan fingerprint density at radius 3 is 2.68 bits per heavy atom. The van der Waals surface area contributed by atoms with Crippen LogP contribution in [0.1, 0.15) is 19.4 Å². The number of sulfonamides is 1. The normalized spacial score (nSPS) is 13.2. The van der Waals surface area contributed by atoms with E-state index in [1.807, 2.05) is 6.07 Å². The Labute approximate surface area is 114 Å². The number of ether oxygens (including phenoxy) is 1. The highest BCUT2D eigenvalue weighted by molar-refractivity contribution is 7.89. The van der Waals surface area contributed by atoms with Crippen LogP contribution in [0.4, 0.5) is 0 Å². The molecule has 104 valence electrons. The minimum Gasteiger partial charge on any atom is -0.383 e. The first-order valence-electron chi connectivity index (χ1n) is 5.98. The summed E-state index contributed by atoms with van der Waals surface area (Å²) in [7, 11) is -2.07. The van der Waals surface area contributed by atoms with Gasteiger partial charge in [-0.2, -0.15) is 9.57 Å². The monoisotopic (exact) mass is 282 g/mol. The zero-order valence-electron chi connectivity index (χ0n) is 11.3. The fraction of sp³-hybridized carbons (Fsp3) is 0.462. The zero-order chi connectivity index (χ0) is 14.5. The number of benzene rings is 1. The Morgan fingerprint density at radius 2 is 2.16 bits per heavy atom. The van der Waals surface area contributed by atoms with Crippen LogP contribution in [0.15, 0.2) is 29.2 Å². The molecule has 0 aromatic heterocycles. The van der Waals surface area contributed by atoms with Crippen LogP contribution >= 0.6 is 0 Å². The third kappa shape index (κ3) is 3.53. The van der Waals surface area contributed by atoms with Crippen molar-refractivity contribution in [1.29, 1.82) is 5.26 Å². The summed E-state index contributed by atoms with van der Waals surface area (Å²) in [5, 5.41) is 8.84. The lowest BCUT2D eigenvalue weighted by molar-refractivity contribution is 0.142. The fourth-order valence-electron chi connectivity index (χ4n) is 1.90. The molecule has 5 nitrogen and oxygen atoms in total. The quantitative estimate of drug-likeness (QED) is 0.794. The topological polar surface area (TPSA) is 70.4 Å². The van der Waals surface area contributed by atoms with E-state index in [1.165, 1.54) is 23.5 Å². The Kier molecular flexibility index (Phi) is 5.48. The molecule has 0 bridgehead atoms. The largest absolute Gasteiger partial charge is 0.383 e. The lowest BCUT2D eigenvalue weighted by Crippen LogP contribution is -2.40. The van der Waals surface area contributed by atoms with Crippen LogP contribution in [0.5, 0.6) is 0 Å². The highest BCUT2D eigenvalue weighted by Crippen LogP contribution is 2.19. The van der Waals surface area contributed by atoms with Crippen molar-refractivity contribution < 1.29 is 13.2 Å². The first-order chi connectivity index (χ1) is 8.97.